The molecule has 0 aliphatic carbocycles. The molecule has 0 spiro atoms. The number of carbonyl (C=O) groups excluding carboxylic acids is 1. The quantitative estimate of drug-likeness (QED) is 0.836. The Kier molecular flexibility index (Phi) is 5.05. The number of anilines is 1. The molecule has 1 rings (SSSR count). The van der Waals surface area contributed by atoms with Gasteiger partial charge in [-0.1, -0.05) is 27.5 Å². The first-order valence-electron chi connectivity index (χ1n) is 5.66. The van der Waals surface area contributed by atoms with Gasteiger partial charge in [0.2, 0.25) is 5.91 Å². The van der Waals surface area contributed by atoms with Crippen molar-refractivity contribution < 1.29 is 9.53 Å². The molecule has 0 saturated carbocycles. The Morgan fingerprint density at radius 3 is 2.50 bits per heavy atom. The van der Waals surface area contributed by atoms with Crippen LogP contribution in [0.15, 0.2) is 18.2 Å². The average molecular weight is 335 g/mol. The van der Waals surface area contributed by atoms with Crippen LogP contribution in [0.2, 0.25) is 5.02 Å². The van der Waals surface area contributed by atoms with E-state index < -0.39 is 4.32 Å². The van der Waals surface area contributed by atoms with Gasteiger partial charge in [0.1, 0.15) is 5.75 Å². The SMILES string of the molecule is CC(C)Oc1ccc(NC(=O)C(C)(C)Br)cc1Cl. The molecule has 100 valence electrons. The highest BCUT2D eigenvalue weighted by Crippen LogP contribution is 2.29. The molecule has 0 aliphatic rings. The molecule has 0 bridgehead atoms. The summed E-state index contributed by atoms with van der Waals surface area (Å²) in [6, 6.07) is 5.19. The van der Waals surface area contributed by atoms with E-state index in [1.165, 1.54) is 0 Å². The van der Waals surface area contributed by atoms with Gasteiger partial charge in [0, 0.05) is 5.69 Å². The zero-order chi connectivity index (χ0) is 13.9. The summed E-state index contributed by atoms with van der Waals surface area (Å²) in [4.78, 5) is 11.8. The average Bonchev–Trinajstić information content (AvgIpc) is 2.20. The second kappa shape index (κ2) is 5.93. The van der Waals surface area contributed by atoms with Crippen molar-refractivity contribution >= 4 is 39.1 Å². The summed E-state index contributed by atoms with van der Waals surface area (Å²) in [5.74, 6) is 0.485. The predicted molar refractivity (Wildman–Crippen MR) is 78.9 cm³/mol. The van der Waals surface area contributed by atoms with E-state index in [1.807, 2.05) is 13.8 Å². The van der Waals surface area contributed by atoms with Gasteiger partial charge in [0.15, 0.2) is 0 Å². The lowest BCUT2D eigenvalue weighted by molar-refractivity contribution is -0.117. The number of hydrogen-bond donors (Lipinski definition) is 1. The number of ether oxygens (including phenoxy) is 1. The first-order valence-corrected chi connectivity index (χ1v) is 6.84. The van der Waals surface area contributed by atoms with Crippen LogP contribution in [0.3, 0.4) is 0 Å². The van der Waals surface area contributed by atoms with Crippen LogP contribution >= 0.6 is 27.5 Å². The fraction of sp³-hybridized carbons (Fsp3) is 0.462. The second-order valence-electron chi connectivity index (χ2n) is 4.74. The summed E-state index contributed by atoms with van der Waals surface area (Å²) in [6.45, 7) is 7.42. The van der Waals surface area contributed by atoms with E-state index in [0.717, 1.165) is 0 Å². The summed E-state index contributed by atoms with van der Waals surface area (Å²) in [7, 11) is 0. The third kappa shape index (κ3) is 4.50. The van der Waals surface area contributed by atoms with Gasteiger partial charge in [0.05, 0.1) is 15.5 Å². The molecule has 0 aliphatic heterocycles. The number of alkyl halides is 1. The van der Waals surface area contributed by atoms with Crippen LogP contribution in [-0.2, 0) is 4.79 Å². The highest BCUT2D eigenvalue weighted by atomic mass is 79.9. The number of rotatable bonds is 4. The first-order chi connectivity index (χ1) is 8.20. The molecule has 1 aromatic rings. The predicted octanol–water partition coefficient (Wildman–Crippen LogP) is 4.24. The zero-order valence-electron chi connectivity index (χ0n) is 10.9. The number of nitrogens with one attached hydrogen (secondary N) is 1. The molecule has 1 aromatic carbocycles. The van der Waals surface area contributed by atoms with Crippen LogP contribution in [0, 0.1) is 0 Å². The molecule has 0 atom stereocenters. The largest absolute Gasteiger partial charge is 0.489 e. The molecule has 0 radical (unpaired) electrons. The Hall–Kier alpha value is -0.740. The topological polar surface area (TPSA) is 38.3 Å². The van der Waals surface area contributed by atoms with Crippen molar-refractivity contribution in [2.45, 2.75) is 38.1 Å². The maximum absolute atomic E-state index is 11.8. The maximum atomic E-state index is 11.8. The first kappa shape index (κ1) is 15.3. The van der Waals surface area contributed by atoms with Crippen molar-refractivity contribution in [2.75, 3.05) is 5.32 Å². The minimum atomic E-state index is -0.618. The molecule has 5 heteroatoms. The number of carbonyl (C=O) groups is 1. The Labute approximate surface area is 121 Å². The standard InChI is InChI=1S/C13H17BrClNO2/c1-8(2)18-11-6-5-9(7-10(11)15)16-12(17)13(3,4)14/h5-8H,1-4H3,(H,16,17). The normalized spacial score (nSPS) is 11.5. The van der Waals surface area contributed by atoms with Crippen LogP contribution in [0.25, 0.3) is 0 Å². The smallest absolute Gasteiger partial charge is 0.240 e. The summed E-state index contributed by atoms with van der Waals surface area (Å²) in [5, 5.41) is 3.26. The third-order valence-electron chi connectivity index (χ3n) is 2.09. The highest BCUT2D eigenvalue weighted by Gasteiger charge is 2.23. The lowest BCUT2D eigenvalue weighted by Gasteiger charge is -2.17. The van der Waals surface area contributed by atoms with Gasteiger partial charge in [0.25, 0.3) is 0 Å². The number of halogens is 2. The molecular weight excluding hydrogens is 318 g/mol. The minimum absolute atomic E-state index is 0.0596. The van der Waals surface area contributed by atoms with Crippen molar-refractivity contribution in [1.29, 1.82) is 0 Å². The molecule has 0 heterocycles. The van der Waals surface area contributed by atoms with Gasteiger partial charge in [-0.2, -0.15) is 0 Å². The van der Waals surface area contributed by atoms with E-state index in [2.05, 4.69) is 21.2 Å². The minimum Gasteiger partial charge on any atom is -0.489 e. The summed E-state index contributed by atoms with van der Waals surface area (Å²) >= 11 is 9.38. The molecule has 0 unspecified atom stereocenters. The van der Waals surface area contributed by atoms with E-state index in [0.29, 0.717) is 16.5 Å². The molecule has 0 saturated heterocycles. The zero-order valence-corrected chi connectivity index (χ0v) is 13.2. The van der Waals surface area contributed by atoms with Crippen LogP contribution < -0.4 is 10.1 Å². The second-order valence-corrected chi connectivity index (χ2v) is 7.13. The number of amides is 1. The molecule has 18 heavy (non-hydrogen) atoms. The van der Waals surface area contributed by atoms with Crippen LogP contribution in [0.4, 0.5) is 5.69 Å². The molecule has 1 N–H and O–H groups in total. The molecular formula is C13H17BrClNO2. The Morgan fingerprint density at radius 2 is 2.06 bits per heavy atom. The molecule has 0 fully saturated rings. The monoisotopic (exact) mass is 333 g/mol. The molecule has 1 amide bonds. The van der Waals surface area contributed by atoms with E-state index in [4.69, 9.17) is 16.3 Å². The fourth-order valence-corrected chi connectivity index (χ4v) is 1.53. The summed E-state index contributed by atoms with van der Waals surface area (Å²) in [6.07, 6.45) is 0.0596. The van der Waals surface area contributed by atoms with E-state index in [9.17, 15) is 4.79 Å². The van der Waals surface area contributed by atoms with Crippen LogP contribution in [0.5, 0.6) is 5.75 Å². The van der Waals surface area contributed by atoms with Crippen LogP contribution in [-0.4, -0.2) is 16.3 Å². The van der Waals surface area contributed by atoms with Crippen molar-refractivity contribution in [2.24, 2.45) is 0 Å². The van der Waals surface area contributed by atoms with Crippen molar-refractivity contribution in [3.05, 3.63) is 23.2 Å². The van der Waals surface area contributed by atoms with Crippen molar-refractivity contribution in [1.82, 2.24) is 0 Å². The van der Waals surface area contributed by atoms with E-state index in [1.54, 1.807) is 32.0 Å². The summed E-state index contributed by atoms with van der Waals surface area (Å²) in [5.41, 5.74) is 0.647. The highest BCUT2D eigenvalue weighted by molar-refractivity contribution is 9.10. The van der Waals surface area contributed by atoms with Gasteiger partial charge in [-0.25, -0.2) is 0 Å². The number of benzene rings is 1. The van der Waals surface area contributed by atoms with Crippen LogP contribution in [0.1, 0.15) is 27.7 Å². The lowest BCUT2D eigenvalue weighted by Crippen LogP contribution is -2.30. The van der Waals surface area contributed by atoms with Crippen molar-refractivity contribution in [3.63, 3.8) is 0 Å². The maximum Gasteiger partial charge on any atom is 0.240 e. The van der Waals surface area contributed by atoms with Gasteiger partial charge in [-0.15, -0.1) is 0 Å². The van der Waals surface area contributed by atoms with Gasteiger partial charge in [-0.3, -0.25) is 4.79 Å². The number of hydrogen-bond acceptors (Lipinski definition) is 2. The molecule has 3 nitrogen and oxygen atoms in total. The Balaban J connectivity index is 2.82. The van der Waals surface area contributed by atoms with Gasteiger partial charge < -0.3 is 10.1 Å². The molecule has 0 aromatic heterocycles. The van der Waals surface area contributed by atoms with Gasteiger partial charge in [-0.05, 0) is 45.9 Å². The lowest BCUT2D eigenvalue weighted by atomic mass is 10.2. The Morgan fingerprint density at radius 1 is 1.44 bits per heavy atom. The van der Waals surface area contributed by atoms with Crippen molar-refractivity contribution in [3.8, 4) is 5.75 Å². The summed E-state index contributed by atoms with van der Waals surface area (Å²) < 4.78 is 4.90. The van der Waals surface area contributed by atoms with E-state index >= 15 is 0 Å². The third-order valence-corrected chi connectivity index (χ3v) is 2.75. The van der Waals surface area contributed by atoms with Gasteiger partial charge >= 0.3 is 0 Å². The fourth-order valence-electron chi connectivity index (χ4n) is 1.21. The Bertz CT molecular complexity index is 441. The van der Waals surface area contributed by atoms with E-state index in [-0.39, 0.29) is 12.0 Å².